The van der Waals surface area contributed by atoms with E-state index in [1.54, 1.807) is 0 Å². The van der Waals surface area contributed by atoms with Crippen molar-refractivity contribution in [1.82, 2.24) is 47.3 Å². The van der Waals surface area contributed by atoms with Crippen molar-refractivity contribution in [3.05, 3.63) is 458 Å². The van der Waals surface area contributed by atoms with Gasteiger partial charge in [-0.25, -0.2) is 19.9 Å². The van der Waals surface area contributed by atoms with Crippen molar-refractivity contribution in [3.63, 3.8) is 0 Å². The fourth-order valence-corrected chi connectivity index (χ4v) is 22.0. The molecule has 0 aliphatic rings. The van der Waals surface area contributed by atoms with Crippen LogP contribution in [0.5, 0.6) is 0 Å². The highest BCUT2D eigenvalue weighted by molar-refractivity contribution is 6.23. The van der Waals surface area contributed by atoms with Gasteiger partial charge in [0.25, 0.3) is 0 Å². The van der Waals surface area contributed by atoms with Crippen LogP contribution in [0, 0.1) is 63.6 Å². The van der Waals surface area contributed by atoms with E-state index in [9.17, 15) is 26.3 Å². The quantitative estimate of drug-likeness (QED) is 0.135. The van der Waals surface area contributed by atoms with E-state index in [0.29, 0.717) is 56.2 Å². The van der Waals surface area contributed by atoms with E-state index in [4.69, 9.17) is 19.9 Å². The summed E-state index contributed by atoms with van der Waals surface area (Å²) in [5.41, 5.74) is 29.2. The van der Waals surface area contributed by atoms with Crippen LogP contribution >= 0.6 is 0 Å². The number of rotatable bonds is 9. The van der Waals surface area contributed by atoms with Crippen molar-refractivity contribution < 1.29 is 0 Å². The van der Waals surface area contributed by atoms with Crippen molar-refractivity contribution >= 4 is 174 Å². The number of aromatic nitrogens is 10. The molecule has 0 atom stereocenters. The summed E-state index contributed by atoms with van der Waals surface area (Å²) in [5.74, 6) is 1.42. The van der Waals surface area contributed by atoms with Gasteiger partial charge in [-0.1, -0.05) is 275 Å². The Kier molecular flexibility index (Phi) is 19.9. The van der Waals surface area contributed by atoms with Crippen LogP contribution in [0.2, 0.25) is 0 Å². The third-order valence-electron chi connectivity index (χ3n) is 28.8. The lowest BCUT2D eigenvalue weighted by Crippen LogP contribution is -2.10. The van der Waals surface area contributed by atoms with Gasteiger partial charge in [-0.3, -0.25) is 13.7 Å². The fraction of sp³-hybridized carbons (Fsp3) is 0.0385. The highest BCUT2D eigenvalue weighted by Crippen LogP contribution is 2.47. The number of nitrogens with zero attached hydrogens (tertiary/aromatic N) is 15. The second kappa shape index (κ2) is 33.9. The van der Waals surface area contributed by atoms with Gasteiger partial charge in [0.2, 0.25) is 5.95 Å². The molecule has 15 heteroatoms. The molecule has 0 radical (unpaired) electrons. The molecular weight excluding hydrogens is 1770 g/mol. The molecule has 15 nitrogen and oxygen atoms in total. The summed E-state index contributed by atoms with van der Waals surface area (Å²) in [5, 5.41) is 69.2. The first-order chi connectivity index (χ1) is 71.3. The number of hydrogen-bond donors (Lipinski definition) is 0. The first kappa shape index (κ1) is 85.3. The third-order valence-corrected chi connectivity index (χ3v) is 28.8. The number of pyridine rings is 2. The van der Waals surface area contributed by atoms with E-state index in [0.717, 1.165) is 149 Å². The fourth-order valence-electron chi connectivity index (χ4n) is 22.0. The molecule has 145 heavy (non-hydrogen) atoms. The van der Waals surface area contributed by atoms with Crippen LogP contribution in [-0.4, -0.2) is 47.3 Å². The SMILES string of the molecule is CC(C)(C)c1ccc(-n2c3ccccc3c3cc(-c4ccc5c(c4)c4ccccc4n5-c4nc(C#N)c5ccccc5n4)ccc32)cc1.Cc1ccc(-n2c3ccccc3c3cc(-c4ccc5c(c4)c4ccccc4n5-c4nc5ccccc5c(C#N)c4C#N)ccc32)cc1.N#Cc1c(-n2c3ccc(-c4ccc5c(c4)c4ccccc4n5-c4ccccc4)cc3c3c4ccccc4ccc32)nc2ccccc2c1C#N. The molecule has 0 aliphatic heterocycles. The molecule has 0 spiro atoms. The minimum atomic E-state index is 0.101. The topological polar surface area (TPSA) is 200 Å². The average molecular weight is 1850 g/mol. The van der Waals surface area contributed by atoms with Crippen molar-refractivity contribution in [3.8, 4) is 98.4 Å². The molecule has 0 saturated heterocycles. The van der Waals surface area contributed by atoms with Gasteiger partial charge in [0.15, 0.2) is 17.3 Å². The zero-order valence-corrected chi connectivity index (χ0v) is 79.0. The predicted molar refractivity (Wildman–Crippen MR) is 590 cm³/mol. The largest absolute Gasteiger partial charge is 0.309 e. The minimum Gasteiger partial charge on any atom is -0.309 e. The monoisotopic (exact) mass is 1850 g/mol. The Morgan fingerprint density at radius 3 is 0.917 bits per heavy atom. The van der Waals surface area contributed by atoms with Crippen LogP contribution in [-0.2, 0) is 5.41 Å². The summed E-state index contributed by atoms with van der Waals surface area (Å²) in [4.78, 5) is 19.6. The number of aryl methyl sites for hydroxylation is 1. The van der Waals surface area contributed by atoms with Gasteiger partial charge in [0.05, 0.1) is 93.9 Å². The van der Waals surface area contributed by atoms with E-state index in [-0.39, 0.29) is 16.5 Å². The molecule has 28 aromatic rings. The normalized spacial score (nSPS) is 11.7. The zero-order valence-electron chi connectivity index (χ0n) is 79.0. The Morgan fingerprint density at radius 2 is 0.510 bits per heavy atom. The van der Waals surface area contributed by atoms with Crippen molar-refractivity contribution in [2.24, 2.45) is 0 Å². The minimum absolute atomic E-state index is 0.101. The number of hydrogen-bond acceptors (Lipinski definition) is 9. The maximum absolute atomic E-state index is 10.5. The van der Waals surface area contributed by atoms with Crippen LogP contribution in [0.3, 0.4) is 0 Å². The smallest absolute Gasteiger partial charge is 0.236 e. The summed E-state index contributed by atoms with van der Waals surface area (Å²) in [6, 6.07) is 157. The lowest BCUT2D eigenvalue weighted by Gasteiger charge is -2.19. The van der Waals surface area contributed by atoms with Crippen LogP contribution in [0.25, 0.3) is 242 Å². The van der Waals surface area contributed by atoms with E-state index in [1.807, 2.05) is 108 Å². The van der Waals surface area contributed by atoms with Gasteiger partial charge in [0.1, 0.15) is 41.5 Å². The summed E-state index contributed by atoms with van der Waals surface area (Å²) in [7, 11) is 0. The average Bonchev–Trinajstić information content (AvgIpc) is 1.49. The Balaban J connectivity index is 0.000000111. The molecule has 9 heterocycles. The van der Waals surface area contributed by atoms with E-state index >= 15 is 0 Å². The van der Waals surface area contributed by atoms with Gasteiger partial charge >= 0.3 is 0 Å². The Morgan fingerprint density at radius 1 is 0.214 bits per heavy atom. The van der Waals surface area contributed by atoms with Gasteiger partial charge < -0.3 is 13.7 Å². The zero-order chi connectivity index (χ0) is 97.6. The summed E-state index contributed by atoms with van der Waals surface area (Å²) in [6.45, 7) is 8.86. The second-order valence-corrected chi connectivity index (χ2v) is 38.0. The van der Waals surface area contributed by atoms with Crippen molar-refractivity contribution in [2.45, 2.75) is 33.1 Å². The first-order valence-electron chi connectivity index (χ1n) is 48.3. The van der Waals surface area contributed by atoms with Gasteiger partial charge in [0, 0.05) is 97.9 Å². The van der Waals surface area contributed by atoms with Crippen LogP contribution in [0.1, 0.15) is 59.8 Å². The molecule has 0 saturated carbocycles. The number of para-hydroxylation sites is 9. The highest BCUT2D eigenvalue weighted by atomic mass is 15.2. The van der Waals surface area contributed by atoms with Gasteiger partial charge in [-0.2, -0.15) is 26.3 Å². The lowest BCUT2D eigenvalue weighted by atomic mass is 9.87. The lowest BCUT2D eigenvalue weighted by molar-refractivity contribution is 0.590. The molecule has 0 amide bonds. The highest BCUT2D eigenvalue weighted by Gasteiger charge is 2.28. The van der Waals surface area contributed by atoms with Crippen molar-refractivity contribution in [2.75, 3.05) is 0 Å². The first-order valence-corrected chi connectivity index (χ1v) is 48.3. The van der Waals surface area contributed by atoms with E-state index < -0.39 is 0 Å². The number of nitriles is 5. The molecule has 0 bridgehead atoms. The second-order valence-electron chi connectivity index (χ2n) is 38.0. The van der Waals surface area contributed by atoms with Crippen LogP contribution in [0.15, 0.2) is 419 Å². The maximum atomic E-state index is 10.5. The molecule has 0 N–H and O–H groups in total. The molecule has 0 fully saturated rings. The molecule has 19 aromatic carbocycles. The third kappa shape index (κ3) is 13.7. The Bertz CT molecular complexity index is 10600. The van der Waals surface area contributed by atoms with Crippen LogP contribution < -0.4 is 0 Å². The standard InChI is InChI=1S/C45H25N5.C43H31N5.C42H25N5/c46-26-37-33-14-6-8-16-39(33)48-45(38(37)27-47)50-42-22-20-30(25-36(42)44-32-13-5-4-10-28(32)18-23-43(44)50)29-19-21-41-35(24-29)34-15-7-9-17-40(34)49(41)31-11-2-1-3-12-31;1-43(2,3)29-18-20-30(21-19-29)47-38-14-8-5-10-31(38)34-24-27(16-22-40(34)47)28-17-23-41-35(25-28)32-11-6-9-15-39(32)48(41)42-45-36-13-7-4-12-33(36)37(26-44)46-42;1-26-14-18-29(19-15-26)46-38-12-6-3-9-31(38)33-22-27(16-20-40(33)46)28-17-21-41-34(23-28)32-10-4-7-13-39(32)47(41)42-36(25-44)35(24-43)30-8-2-5-11-37(30)45-42/h1-25H;4-25H,1-3H3;2-23H,1H3. The Hall–Kier alpha value is -20.2. The molecule has 0 unspecified atom stereocenters. The van der Waals surface area contributed by atoms with Crippen molar-refractivity contribution in [1.29, 1.82) is 26.3 Å². The van der Waals surface area contributed by atoms with Crippen LogP contribution in [0.4, 0.5) is 0 Å². The predicted octanol–water partition coefficient (Wildman–Crippen LogP) is 31.8. The number of benzene rings is 19. The molecule has 28 rings (SSSR count). The van der Waals surface area contributed by atoms with E-state index in [1.165, 1.54) is 65.5 Å². The Labute approximate surface area is 831 Å². The summed E-state index contributed by atoms with van der Waals surface area (Å²) in [6.07, 6.45) is 0. The van der Waals surface area contributed by atoms with Gasteiger partial charge in [-0.15, -0.1) is 0 Å². The summed E-state index contributed by atoms with van der Waals surface area (Å²) >= 11 is 0. The van der Waals surface area contributed by atoms with E-state index in [2.05, 4.69) is 396 Å². The van der Waals surface area contributed by atoms with Gasteiger partial charge in [-0.05, 0) is 232 Å². The molecule has 9 aromatic heterocycles. The molecular formula is C130H81N15. The number of fused-ring (bicyclic) bond motifs is 23. The molecule has 676 valence electrons. The molecule has 0 aliphatic carbocycles. The maximum Gasteiger partial charge on any atom is 0.236 e. The summed E-state index contributed by atoms with van der Waals surface area (Å²) < 4.78 is 13.2.